The lowest BCUT2D eigenvalue weighted by Crippen LogP contribution is -2.35. The average molecular weight is 368 g/mol. The fourth-order valence-electron chi connectivity index (χ4n) is 1.28. The van der Waals surface area contributed by atoms with Crippen molar-refractivity contribution in [1.82, 2.24) is 5.32 Å². The third kappa shape index (κ3) is 4.81. The van der Waals surface area contributed by atoms with Crippen molar-refractivity contribution in [3.63, 3.8) is 0 Å². The van der Waals surface area contributed by atoms with Crippen LogP contribution in [-0.2, 0) is 4.74 Å². The number of carbonyl (C=O) groups excluding carboxylic acids is 1. The van der Waals surface area contributed by atoms with Gasteiger partial charge in [0.1, 0.15) is 0 Å². The van der Waals surface area contributed by atoms with Gasteiger partial charge < -0.3 is 10.1 Å². The number of rotatable bonds is 5. The number of halogens is 2. The molecule has 3 nitrogen and oxygen atoms in total. The molecule has 0 heterocycles. The Labute approximate surface area is 120 Å². The Morgan fingerprint density at radius 2 is 2.29 bits per heavy atom. The minimum atomic E-state index is -0.129. The Hall–Kier alpha value is -0.330. The third-order valence-electron chi connectivity index (χ3n) is 2.13. The van der Waals surface area contributed by atoms with E-state index in [2.05, 4.69) is 27.9 Å². The first-order chi connectivity index (χ1) is 8.04. The zero-order chi connectivity index (χ0) is 12.8. The minimum Gasteiger partial charge on any atom is -0.380 e. The first-order valence-corrected chi connectivity index (χ1v) is 6.84. The normalized spacial score (nSPS) is 12.2. The van der Waals surface area contributed by atoms with Crippen LogP contribution >= 0.6 is 34.2 Å². The lowest BCUT2D eigenvalue weighted by atomic mass is 10.2. The van der Waals surface area contributed by atoms with Gasteiger partial charge in [-0.2, -0.15) is 0 Å². The molecule has 0 saturated carbocycles. The van der Waals surface area contributed by atoms with Gasteiger partial charge in [-0.3, -0.25) is 4.79 Å². The molecule has 1 rings (SSSR count). The molecule has 5 heteroatoms. The van der Waals surface area contributed by atoms with Gasteiger partial charge in [-0.25, -0.2) is 0 Å². The van der Waals surface area contributed by atoms with Crippen LogP contribution in [0.15, 0.2) is 18.2 Å². The highest BCUT2D eigenvalue weighted by molar-refractivity contribution is 14.1. The quantitative estimate of drug-likeness (QED) is 0.812. The number of hydrogen-bond donors (Lipinski definition) is 1. The molecule has 17 heavy (non-hydrogen) atoms. The minimum absolute atomic E-state index is 0.0134. The highest BCUT2D eigenvalue weighted by Gasteiger charge is 2.10. The van der Waals surface area contributed by atoms with Gasteiger partial charge in [0.15, 0.2) is 0 Å². The summed E-state index contributed by atoms with van der Waals surface area (Å²) in [5.41, 5.74) is 0.568. The molecule has 0 saturated heterocycles. The second kappa shape index (κ2) is 7.18. The maximum absolute atomic E-state index is 11.9. The van der Waals surface area contributed by atoms with E-state index < -0.39 is 0 Å². The molecular formula is C12H15ClINO2. The van der Waals surface area contributed by atoms with E-state index in [0.717, 1.165) is 3.57 Å². The molecule has 1 atom stereocenters. The van der Waals surface area contributed by atoms with E-state index in [1.54, 1.807) is 12.1 Å². The van der Waals surface area contributed by atoms with Crippen LogP contribution in [0.5, 0.6) is 0 Å². The fourth-order valence-corrected chi connectivity index (χ4v) is 1.80. The van der Waals surface area contributed by atoms with Gasteiger partial charge in [0.25, 0.3) is 5.91 Å². The number of hydrogen-bond acceptors (Lipinski definition) is 2. The van der Waals surface area contributed by atoms with Gasteiger partial charge >= 0.3 is 0 Å². The number of benzene rings is 1. The van der Waals surface area contributed by atoms with Crippen molar-refractivity contribution >= 4 is 40.1 Å². The SMILES string of the molecule is CCOCC(C)NC(=O)c1ccc(I)c(Cl)c1. The topological polar surface area (TPSA) is 38.3 Å². The number of ether oxygens (including phenoxy) is 1. The van der Waals surface area contributed by atoms with E-state index in [4.69, 9.17) is 16.3 Å². The summed E-state index contributed by atoms with van der Waals surface area (Å²) >= 11 is 8.09. The van der Waals surface area contributed by atoms with Gasteiger partial charge in [0.2, 0.25) is 0 Å². The van der Waals surface area contributed by atoms with Gasteiger partial charge in [0, 0.05) is 21.8 Å². The molecular weight excluding hydrogens is 352 g/mol. The van der Waals surface area contributed by atoms with E-state index in [1.165, 1.54) is 0 Å². The lowest BCUT2D eigenvalue weighted by molar-refractivity contribution is 0.0872. The second-order valence-electron chi connectivity index (χ2n) is 3.66. The Kier molecular flexibility index (Phi) is 6.22. The van der Waals surface area contributed by atoms with Crippen LogP contribution in [-0.4, -0.2) is 25.2 Å². The Balaban J connectivity index is 2.60. The average Bonchev–Trinajstić information content (AvgIpc) is 2.30. The van der Waals surface area contributed by atoms with Crippen molar-refractivity contribution < 1.29 is 9.53 Å². The van der Waals surface area contributed by atoms with Crippen LogP contribution in [0.25, 0.3) is 0 Å². The van der Waals surface area contributed by atoms with Crippen LogP contribution < -0.4 is 5.32 Å². The molecule has 0 radical (unpaired) electrons. The molecule has 0 bridgehead atoms. The fraction of sp³-hybridized carbons (Fsp3) is 0.417. The van der Waals surface area contributed by atoms with Gasteiger partial charge in [0.05, 0.1) is 11.6 Å². The number of nitrogens with one attached hydrogen (secondary N) is 1. The summed E-state index contributed by atoms with van der Waals surface area (Å²) in [6.07, 6.45) is 0. The lowest BCUT2D eigenvalue weighted by Gasteiger charge is -2.13. The molecule has 1 N–H and O–H groups in total. The standard InChI is InChI=1S/C12H15ClINO2/c1-3-17-7-8(2)15-12(16)9-4-5-11(14)10(13)6-9/h4-6,8H,3,7H2,1-2H3,(H,15,16). The zero-order valence-corrected chi connectivity index (χ0v) is 12.7. The van der Waals surface area contributed by atoms with Gasteiger partial charge in [-0.05, 0) is 54.6 Å². The van der Waals surface area contributed by atoms with E-state index in [1.807, 2.05) is 19.9 Å². The van der Waals surface area contributed by atoms with Crippen molar-refractivity contribution in [3.8, 4) is 0 Å². The Bertz CT molecular complexity index is 398. The monoisotopic (exact) mass is 367 g/mol. The first kappa shape index (κ1) is 14.7. The predicted molar refractivity (Wildman–Crippen MR) is 77.6 cm³/mol. The molecule has 0 aromatic heterocycles. The van der Waals surface area contributed by atoms with Crippen molar-refractivity contribution in [1.29, 1.82) is 0 Å². The maximum atomic E-state index is 11.9. The molecule has 1 aromatic rings. The van der Waals surface area contributed by atoms with Crippen LogP contribution in [0.3, 0.4) is 0 Å². The highest BCUT2D eigenvalue weighted by Crippen LogP contribution is 2.19. The number of carbonyl (C=O) groups is 1. The summed E-state index contributed by atoms with van der Waals surface area (Å²) in [4.78, 5) is 11.9. The van der Waals surface area contributed by atoms with Crippen molar-refractivity contribution in [2.45, 2.75) is 19.9 Å². The summed E-state index contributed by atoms with van der Waals surface area (Å²) in [7, 11) is 0. The van der Waals surface area contributed by atoms with E-state index in [0.29, 0.717) is 23.8 Å². The molecule has 1 amide bonds. The number of amides is 1. The van der Waals surface area contributed by atoms with E-state index in [-0.39, 0.29) is 11.9 Å². The molecule has 0 aliphatic heterocycles. The van der Waals surface area contributed by atoms with Crippen LogP contribution in [0.4, 0.5) is 0 Å². The summed E-state index contributed by atoms with van der Waals surface area (Å²) in [6, 6.07) is 5.24. The second-order valence-corrected chi connectivity index (χ2v) is 5.23. The molecule has 0 fully saturated rings. The van der Waals surface area contributed by atoms with E-state index >= 15 is 0 Å². The molecule has 94 valence electrons. The van der Waals surface area contributed by atoms with Crippen molar-refractivity contribution in [2.24, 2.45) is 0 Å². The van der Waals surface area contributed by atoms with Gasteiger partial charge in [-0.15, -0.1) is 0 Å². The predicted octanol–water partition coefficient (Wildman–Crippen LogP) is 3.10. The van der Waals surface area contributed by atoms with Crippen molar-refractivity contribution in [2.75, 3.05) is 13.2 Å². The Morgan fingerprint density at radius 3 is 2.88 bits per heavy atom. The third-order valence-corrected chi connectivity index (χ3v) is 3.70. The summed E-state index contributed by atoms with van der Waals surface area (Å²) < 4.78 is 6.17. The first-order valence-electron chi connectivity index (χ1n) is 5.38. The molecule has 0 aliphatic rings. The van der Waals surface area contributed by atoms with Crippen molar-refractivity contribution in [3.05, 3.63) is 32.4 Å². The zero-order valence-electron chi connectivity index (χ0n) is 9.80. The largest absolute Gasteiger partial charge is 0.380 e. The summed E-state index contributed by atoms with van der Waals surface area (Å²) in [5, 5.41) is 3.45. The molecule has 0 spiro atoms. The summed E-state index contributed by atoms with van der Waals surface area (Å²) in [5.74, 6) is -0.129. The Morgan fingerprint density at radius 1 is 1.59 bits per heavy atom. The van der Waals surface area contributed by atoms with Crippen LogP contribution in [0.1, 0.15) is 24.2 Å². The maximum Gasteiger partial charge on any atom is 0.251 e. The van der Waals surface area contributed by atoms with Gasteiger partial charge in [-0.1, -0.05) is 11.6 Å². The summed E-state index contributed by atoms with van der Waals surface area (Å²) in [6.45, 7) is 4.99. The molecule has 0 aliphatic carbocycles. The van der Waals surface area contributed by atoms with Crippen LogP contribution in [0, 0.1) is 3.57 Å². The van der Waals surface area contributed by atoms with Crippen LogP contribution in [0.2, 0.25) is 5.02 Å². The molecule has 1 unspecified atom stereocenters. The molecule has 1 aromatic carbocycles. The smallest absolute Gasteiger partial charge is 0.251 e. The van der Waals surface area contributed by atoms with E-state index in [9.17, 15) is 4.79 Å². The highest BCUT2D eigenvalue weighted by atomic mass is 127.